The minimum Gasteiger partial charge on any atom is -0.207 e. The summed E-state index contributed by atoms with van der Waals surface area (Å²) in [6.45, 7) is 19.9. The summed E-state index contributed by atoms with van der Waals surface area (Å²) < 4.78 is 14.7. The Morgan fingerprint density at radius 3 is 2.40 bits per heavy atom. The third kappa shape index (κ3) is 8.38. The van der Waals surface area contributed by atoms with Crippen LogP contribution in [0.3, 0.4) is 0 Å². The predicted molar refractivity (Wildman–Crippen MR) is 184 cm³/mol. The molecule has 0 aliphatic heterocycles. The second kappa shape index (κ2) is 14.4. The molecule has 3 aromatic carbocycles. The lowest BCUT2D eigenvalue weighted by Gasteiger charge is -2.25. The van der Waals surface area contributed by atoms with E-state index < -0.39 is 0 Å². The SMILES string of the molecule is C#Cc1cccc(-c2ccc(C(CCC3CC[C@@H](C(C)C(=C)CCC)C3)C(=C)Cc3ccc(F)c(C(C)(C)C)c3)cc2)c1. The molecule has 1 heteroatoms. The highest BCUT2D eigenvalue weighted by molar-refractivity contribution is 5.65. The number of rotatable bonds is 12. The molecule has 226 valence electrons. The minimum absolute atomic E-state index is 0.130. The zero-order chi connectivity index (χ0) is 31.1. The molecule has 1 fully saturated rings. The maximum Gasteiger partial charge on any atom is 0.126 e. The van der Waals surface area contributed by atoms with Gasteiger partial charge in [-0.15, -0.1) is 6.42 Å². The number of allylic oxidation sites excluding steroid dienone is 2. The topological polar surface area (TPSA) is 0 Å². The highest BCUT2D eigenvalue weighted by atomic mass is 19.1. The number of benzene rings is 3. The van der Waals surface area contributed by atoms with Crippen molar-refractivity contribution in [3.63, 3.8) is 0 Å². The summed E-state index contributed by atoms with van der Waals surface area (Å²) in [5.74, 6) is 5.00. The van der Waals surface area contributed by atoms with Gasteiger partial charge in [-0.3, -0.25) is 0 Å². The molecule has 3 unspecified atom stereocenters. The fourth-order valence-corrected chi connectivity index (χ4v) is 7.06. The lowest BCUT2D eigenvalue weighted by atomic mass is 9.80. The van der Waals surface area contributed by atoms with Crippen molar-refractivity contribution in [2.75, 3.05) is 0 Å². The monoisotopic (exact) mass is 574 g/mol. The molecule has 0 spiro atoms. The van der Waals surface area contributed by atoms with Crippen LogP contribution in [0.15, 0.2) is 91.0 Å². The third-order valence-electron chi connectivity index (χ3n) is 9.81. The van der Waals surface area contributed by atoms with Crippen molar-refractivity contribution in [1.82, 2.24) is 0 Å². The summed E-state index contributed by atoms with van der Waals surface area (Å²) in [6, 6.07) is 22.7. The first kappa shape index (κ1) is 32.5. The van der Waals surface area contributed by atoms with Crippen molar-refractivity contribution < 1.29 is 4.39 Å². The Hall–Kier alpha value is -3.37. The van der Waals surface area contributed by atoms with Crippen molar-refractivity contribution in [2.24, 2.45) is 17.8 Å². The number of hydrogen-bond donors (Lipinski definition) is 0. The van der Waals surface area contributed by atoms with E-state index in [9.17, 15) is 4.39 Å². The Bertz CT molecular complexity index is 1440. The molecular formula is C42H51F. The molecule has 0 nitrogen and oxygen atoms in total. The maximum absolute atomic E-state index is 14.7. The molecule has 0 heterocycles. The van der Waals surface area contributed by atoms with E-state index in [1.807, 2.05) is 24.3 Å². The van der Waals surface area contributed by atoms with Crippen LogP contribution in [0.25, 0.3) is 11.1 Å². The van der Waals surface area contributed by atoms with Crippen LogP contribution in [-0.4, -0.2) is 0 Å². The van der Waals surface area contributed by atoms with E-state index in [4.69, 9.17) is 6.42 Å². The first-order valence-corrected chi connectivity index (χ1v) is 16.3. The molecule has 4 rings (SSSR count). The Labute approximate surface area is 261 Å². The van der Waals surface area contributed by atoms with Crippen LogP contribution in [0, 0.1) is 35.9 Å². The molecular weight excluding hydrogens is 523 g/mol. The average molecular weight is 575 g/mol. The van der Waals surface area contributed by atoms with E-state index in [1.165, 1.54) is 54.4 Å². The van der Waals surface area contributed by atoms with Crippen LogP contribution < -0.4 is 0 Å². The van der Waals surface area contributed by atoms with Gasteiger partial charge in [0.05, 0.1) is 0 Å². The smallest absolute Gasteiger partial charge is 0.126 e. The van der Waals surface area contributed by atoms with E-state index >= 15 is 0 Å². The van der Waals surface area contributed by atoms with Crippen molar-refractivity contribution in [2.45, 2.75) is 97.3 Å². The van der Waals surface area contributed by atoms with Gasteiger partial charge in [-0.2, -0.15) is 0 Å². The lowest BCUT2D eigenvalue weighted by molar-refractivity contribution is 0.376. The van der Waals surface area contributed by atoms with Crippen molar-refractivity contribution in [3.05, 3.63) is 119 Å². The standard InChI is InChI=1S/C42H51F/c1-9-12-29(3)31(5)37-18-15-33(27-37)16-23-39(30(4)25-34-17-24-41(43)40(28-34)42(6,7)8)36-21-19-35(20-22-36)38-14-11-13-32(10-2)26-38/h2,11,13-14,17,19-22,24,26,28,31,33,37,39H,3-4,9,12,15-16,18,23,25,27H2,1,5-8H3/t31?,33?,37-,39?/m1/s1. The molecule has 1 saturated carbocycles. The van der Waals surface area contributed by atoms with Crippen molar-refractivity contribution >= 4 is 0 Å². The molecule has 4 atom stereocenters. The van der Waals surface area contributed by atoms with Crippen molar-refractivity contribution in [3.8, 4) is 23.5 Å². The normalized spacial score (nSPS) is 18.2. The van der Waals surface area contributed by atoms with E-state index in [1.54, 1.807) is 6.07 Å². The van der Waals surface area contributed by atoms with Gasteiger partial charge in [-0.05, 0) is 108 Å². The molecule has 0 amide bonds. The van der Waals surface area contributed by atoms with E-state index in [-0.39, 0.29) is 17.2 Å². The summed E-state index contributed by atoms with van der Waals surface area (Å²) in [7, 11) is 0. The fraction of sp³-hybridized carbons (Fsp3) is 0.429. The zero-order valence-electron chi connectivity index (χ0n) is 27.2. The molecule has 0 aromatic heterocycles. The van der Waals surface area contributed by atoms with E-state index in [0.717, 1.165) is 53.4 Å². The van der Waals surface area contributed by atoms with Crippen LogP contribution >= 0.6 is 0 Å². The lowest BCUT2D eigenvalue weighted by Crippen LogP contribution is -2.14. The van der Waals surface area contributed by atoms with Crippen LogP contribution in [0.4, 0.5) is 4.39 Å². The van der Waals surface area contributed by atoms with Gasteiger partial charge in [-0.1, -0.05) is 126 Å². The van der Waals surface area contributed by atoms with Gasteiger partial charge in [0.15, 0.2) is 0 Å². The number of hydrogen-bond acceptors (Lipinski definition) is 0. The fourth-order valence-electron chi connectivity index (χ4n) is 7.06. The minimum atomic E-state index is -0.244. The van der Waals surface area contributed by atoms with Gasteiger partial charge in [0.1, 0.15) is 5.82 Å². The van der Waals surface area contributed by atoms with Gasteiger partial charge in [-0.25, -0.2) is 4.39 Å². The summed E-state index contributed by atoms with van der Waals surface area (Å²) in [5, 5.41) is 0. The Morgan fingerprint density at radius 2 is 1.72 bits per heavy atom. The summed E-state index contributed by atoms with van der Waals surface area (Å²) in [4.78, 5) is 0. The van der Waals surface area contributed by atoms with Gasteiger partial charge >= 0.3 is 0 Å². The molecule has 0 bridgehead atoms. The highest BCUT2D eigenvalue weighted by Gasteiger charge is 2.30. The first-order valence-electron chi connectivity index (χ1n) is 16.3. The van der Waals surface area contributed by atoms with Crippen molar-refractivity contribution in [1.29, 1.82) is 0 Å². The van der Waals surface area contributed by atoms with Crippen LogP contribution in [0.1, 0.15) is 108 Å². The molecule has 0 N–H and O–H groups in total. The first-order chi connectivity index (χ1) is 20.5. The summed E-state index contributed by atoms with van der Waals surface area (Å²) >= 11 is 0. The highest BCUT2D eigenvalue weighted by Crippen LogP contribution is 2.43. The molecule has 3 aromatic rings. The van der Waals surface area contributed by atoms with Gasteiger partial charge in [0, 0.05) is 11.5 Å². The van der Waals surface area contributed by atoms with E-state index in [0.29, 0.717) is 5.92 Å². The second-order valence-corrected chi connectivity index (χ2v) is 14.0. The van der Waals surface area contributed by atoms with E-state index in [2.05, 4.69) is 90.1 Å². The predicted octanol–water partition coefficient (Wildman–Crippen LogP) is 11.8. The van der Waals surface area contributed by atoms with Crippen LogP contribution in [0.2, 0.25) is 0 Å². The molecule has 0 saturated heterocycles. The third-order valence-corrected chi connectivity index (χ3v) is 9.81. The quantitative estimate of drug-likeness (QED) is 0.149. The summed E-state index contributed by atoms with van der Waals surface area (Å²) in [6.07, 6.45) is 15.0. The Balaban J connectivity index is 1.54. The van der Waals surface area contributed by atoms with Gasteiger partial charge in [0.2, 0.25) is 0 Å². The largest absolute Gasteiger partial charge is 0.207 e. The number of terminal acetylenes is 1. The van der Waals surface area contributed by atoms with Crippen LogP contribution in [-0.2, 0) is 11.8 Å². The van der Waals surface area contributed by atoms with Gasteiger partial charge < -0.3 is 0 Å². The van der Waals surface area contributed by atoms with Crippen LogP contribution in [0.5, 0.6) is 0 Å². The molecule has 43 heavy (non-hydrogen) atoms. The summed E-state index contributed by atoms with van der Waals surface area (Å²) in [5.41, 5.74) is 8.79. The zero-order valence-corrected chi connectivity index (χ0v) is 27.2. The second-order valence-electron chi connectivity index (χ2n) is 14.0. The average Bonchev–Trinajstić information content (AvgIpc) is 3.46. The van der Waals surface area contributed by atoms with Gasteiger partial charge in [0.25, 0.3) is 0 Å². The Morgan fingerprint density at radius 1 is 0.977 bits per heavy atom. The molecule has 1 aliphatic carbocycles. The molecule has 0 radical (unpaired) electrons. The number of halogens is 1. The molecule has 1 aliphatic rings. The maximum atomic E-state index is 14.7. The Kier molecular flexibility index (Phi) is 10.9.